The van der Waals surface area contributed by atoms with E-state index < -0.39 is 22.6 Å². The summed E-state index contributed by atoms with van der Waals surface area (Å²) in [5, 5.41) is 19.9. The lowest BCUT2D eigenvalue weighted by atomic mass is 10.1. The van der Waals surface area contributed by atoms with Crippen molar-refractivity contribution in [2.24, 2.45) is 0 Å². The van der Waals surface area contributed by atoms with Crippen molar-refractivity contribution in [2.45, 2.75) is 6.10 Å². The Morgan fingerprint density at radius 3 is 2.95 bits per heavy atom. The van der Waals surface area contributed by atoms with Crippen molar-refractivity contribution in [2.75, 3.05) is 32.0 Å². The molecule has 1 unspecified atom stereocenters. The van der Waals surface area contributed by atoms with Gasteiger partial charge in [-0.15, -0.1) is 0 Å². The van der Waals surface area contributed by atoms with Crippen LogP contribution >= 0.6 is 11.6 Å². The summed E-state index contributed by atoms with van der Waals surface area (Å²) in [6.07, 6.45) is -0.457. The average molecular weight is 316 g/mol. The molecule has 1 saturated heterocycles. The molecule has 0 spiro atoms. The van der Waals surface area contributed by atoms with E-state index in [9.17, 15) is 14.9 Å². The highest BCUT2D eigenvalue weighted by Crippen LogP contribution is 2.31. The molecule has 0 saturated carbocycles. The van der Waals surface area contributed by atoms with Crippen molar-refractivity contribution in [1.29, 1.82) is 0 Å². The fourth-order valence-corrected chi connectivity index (χ4v) is 2.29. The summed E-state index contributed by atoms with van der Waals surface area (Å²) in [7, 11) is 0. The predicted molar refractivity (Wildman–Crippen MR) is 75.2 cm³/mol. The summed E-state index contributed by atoms with van der Waals surface area (Å²) in [6, 6.07) is 2.41. The van der Waals surface area contributed by atoms with Crippen LogP contribution in [0.15, 0.2) is 12.1 Å². The standard InChI is InChI=1S/C12H14ClN3O5/c13-9-3-7(4-10(11(9)14)16(19)20)12(18)15-1-2-21-8(5-15)6-17/h3-4,8,17H,1-2,5-6,14H2. The summed E-state index contributed by atoms with van der Waals surface area (Å²) in [5.74, 6) is -0.415. The molecule has 0 bridgehead atoms. The quantitative estimate of drug-likeness (QED) is 0.480. The summed E-state index contributed by atoms with van der Waals surface area (Å²) >= 11 is 5.84. The highest BCUT2D eigenvalue weighted by Gasteiger charge is 2.27. The second-order valence-electron chi connectivity index (χ2n) is 4.57. The second-order valence-corrected chi connectivity index (χ2v) is 4.98. The molecule has 0 aromatic heterocycles. The number of benzene rings is 1. The Kier molecular flexibility index (Phi) is 4.61. The monoisotopic (exact) mass is 315 g/mol. The average Bonchev–Trinajstić information content (AvgIpc) is 2.48. The number of nitrogens with zero attached hydrogens (tertiary/aromatic N) is 2. The molecule has 8 nitrogen and oxygen atoms in total. The number of anilines is 1. The van der Waals surface area contributed by atoms with Gasteiger partial charge in [-0.1, -0.05) is 11.6 Å². The molecule has 1 aromatic carbocycles. The van der Waals surface area contributed by atoms with Crippen LogP contribution in [-0.2, 0) is 4.74 Å². The number of nitrogens with two attached hydrogens (primary N) is 1. The molecule has 21 heavy (non-hydrogen) atoms. The number of morpholine rings is 1. The van der Waals surface area contributed by atoms with Gasteiger partial charge in [0.1, 0.15) is 5.69 Å². The smallest absolute Gasteiger partial charge is 0.294 e. The van der Waals surface area contributed by atoms with Crippen LogP contribution in [-0.4, -0.2) is 53.2 Å². The van der Waals surface area contributed by atoms with Gasteiger partial charge in [-0.25, -0.2) is 0 Å². The van der Waals surface area contributed by atoms with Gasteiger partial charge in [-0.2, -0.15) is 0 Å². The maximum absolute atomic E-state index is 12.4. The van der Waals surface area contributed by atoms with Gasteiger partial charge in [-0.3, -0.25) is 14.9 Å². The highest BCUT2D eigenvalue weighted by atomic mass is 35.5. The number of nitro groups is 1. The lowest BCUT2D eigenvalue weighted by Crippen LogP contribution is -2.46. The van der Waals surface area contributed by atoms with Crippen LogP contribution in [0.1, 0.15) is 10.4 Å². The fraction of sp³-hybridized carbons (Fsp3) is 0.417. The van der Waals surface area contributed by atoms with Crippen LogP contribution in [0.2, 0.25) is 5.02 Å². The summed E-state index contributed by atoms with van der Waals surface area (Å²) in [4.78, 5) is 24.0. The number of hydrogen-bond acceptors (Lipinski definition) is 6. The molecule has 1 amide bonds. The van der Waals surface area contributed by atoms with Gasteiger partial charge in [0.05, 0.1) is 29.3 Å². The van der Waals surface area contributed by atoms with Crippen LogP contribution in [0.3, 0.4) is 0 Å². The largest absolute Gasteiger partial charge is 0.394 e. The first-order valence-electron chi connectivity index (χ1n) is 6.19. The number of aliphatic hydroxyl groups is 1. The number of ether oxygens (including phenoxy) is 1. The Morgan fingerprint density at radius 1 is 1.62 bits per heavy atom. The minimum Gasteiger partial charge on any atom is -0.394 e. The van der Waals surface area contributed by atoms with E-state index in [1.54, 1.807) is 0 Å². The zero-order chi connectivity index (χ0) is 15.6. The SMILES string of the molecule is Nc1c(Cl)cc(C(=O)N2CCOC(CO)C2)cc1[N+](=O)[O-]. The summed E-state index contributed by atoms with van der Waals surface area (Å²) in [5.41, 5.74) is 5.03. The van der Waals surface area contributed by atoms with Crippen molar-refractivity contribution in [3.8, 4) is 0 Å². The van der Waals surface area contributed by atoms with Crippen molar-refractivity contribution >= 4 is 28.9 Å². The van der Waals surface area contributed by atoms with E-state index in [1.165, 1.54) is 11.0 Å². The third-order valence-corrected chi connectivity index (χ3v) is 3.49. The van der Waals surface area contributed by atoms with Crippen LogP contribution in [0.25, 0.3) is 0 Å². The molecule has 9 heteroatoms. The Hall–Kier alpha value is -1.90. The Balaban J connectivity index is 2.29. The molecule has 1 heterocycles. The van der Waals surface area contributed by atoms with Crippen molar-refractivity contribution < 1.29 is 19.6 Å². The number of halogens is 1. The number of amides is 1. The zero-order valence-electron chi connectivity index (χ0n) is 11.0. The Bertz CT molecular complexity index is 580. The number of carbonyl (C=O) groups excluding carboxylic acids is 1. The third-order valence-electron chi connectivity index (χ3n) is 3.18. The van der Waals surface area contributed by atoms with E-state index >= 15 is 0 Å². The van der Waals surface area contributed by atoms with Gasteiger partial charge in [0.2, 0.25) is 0 Å². The first kappa shape index (κ1) is 15.5. The van der Waals surface area contributed by atoms with Crippen LogP contribution in [0, 0.1) is 10.1 Å². The molecule has 2 rings (SSSR count). The minimum absolute atomic E-state index is 0.0421. The molecule has 1 aliphatic heterocycles. The lowest BCUT2D eigenvalue weighted by Gasteiger charge is -2.32. The molecule has 3 N–H and O–H groups in total. The van der Waals surface area contributed by atoms with Crippen molar-refractivity contribution in [3.05, 3.63) is 32.8 Å². The number of nitro benzene ring substituents is 1. The minimum atomic E-state index is -0.687. The zero-order valence-corrected chi connectivity index (χ0v) is 11.7. The van der Waals surface area contributed by atoms with Gasteiger partial charge in [0.25, 0.3) is 11.6 Å². The van der Waals surface area contributed by atoms with Crippen molar-refractivity contribution in [3.63, 3.8) is 0 Å². The number of hydrogen-bond donors (Lipinski definition) is 2. The number of rotatable bonds is 3. The van der Waals surface area contributed by atoms with E-state index in [-0.39, 0.29) is 29.4 Å². The molecule has 114 valence electrons. The topological polar surface area (TPSA) is 119 Å². The maximum atomic E-state index is 12.4. The Labute approximate surface area is 125 Å². The predicted octanol–water partition coefficient (Wildman–Crippen LogP) is 0.664. The Morgan fingerprint density at radius 2 is 2.33 bits per heavy atom. The lowest BCUT2D eigenvalue weighted by molar-refractivity contribution is -0.383. The number of nitrogen functional groups attached to an aromatic ring is 1. The van der Waals surface area contributed by atoms with E-state index in [1.807, 2.05) is 0 Å². The molecule has 1 atom stereocenters. The number of carbonyl (C=O) groups is 1. The fourth-order valence-electron chi connectivity index (χ4n) is 2.07. The molecule has 1 aromatic rings. The summed E-state index contributed by atoms with van der Waals surface area (Å²) in [6.45, 7) is 0.643. The van der Waals surface area contributed by atoms with Crippen LogP contribution in [0.4, 0.5) is 11.4 Å². The van der Waals surface area contributed by atoms with Gasteiger partial charge in [-0.05, 0) is 6.07 Å². The normalized spacial score (nSPS) is 18.6. The molecular weight excluding hydrogens is 302 g/mol. The molecule has 0 aliphatic carbocycles. The van der Waals surface area contributed by atoms with Crippen LogP contribution in [0.5, 0.6) is 0 Å². The summed E-state index contributed by atoms with van der Waals surface area (Å²) < 4.78 is 5.25. The van der Waals surface area contributed by atoms with Crippen molar-refractivity contribution in [1.82, 2.24) is 4.90 Å². The molecule has 1 aliphatic rings. The highest BCUT2D eigenvalue weighted by molar-refractivity contribution is 6.34. The van der Waals surface area contributed by atoms with E-state index in [0.29, 0.717) is 13.2 Å². The van der Waals surface area contributed by atoms with Crippen LogP contribution < -0.4 is 5.73 Å². The van der Waals surface area contributed by atoms with E-state index in [0.717, 1.165) is 6.07 Å². The van der Waals surface area contributed by atoms with E-state index in [4.69, 9.17) is 27.2 Å². The third kappa shape index (κ3) is 3.23. The first-order chi connectivity index (χ1) is 9.93. The van der Waals surface area contributed by atoms with E-state index in [2.05, 4.69) is 0 Å². The molecule has 0 radical (unpaired) electrons. The second kappa shape index (κ2) is 6.25. The van der Waals surface area contributed by atoms with Gasteiger partial charge in [0, 0.05) is 24.7 Å². The van der Waals surface area contributed by atoms with Gasteiger partial charge in [0.15, 0.2) is 0 Å². The molecular formula is C12H14ClN3O5. The number of aliphatic hydroxyl groups excluding tert-OH is 1. The van der Waals surface area contributed by atoms with Gasteiger partial charge >= 0.3 is 0 Å². The maximum Gasteiger partial charge on any atom is 0.294 e. The first-order valence-corrected chi connectivity index (χ1v) is 6.57. The van der Waals surface area contributed by atoms with Gasteiger partial charge < -0.3 is 20.5 Å². The molecule has 1 fully saturated rings.